The number of anilines is 1. The van der Waals surface area contributed by atoms with E-state index in [2.05, 4.69) is 31.8 Å². The Morgan fingerprint density at radius 3 is 2.43 bits per heavy atom. The highest BCUT2D eigenvalue weighted by Crippen LogP contribution is 2.28. The molecule has 0 atom stereocenters. The van der Waals surface area contributed by atoms with Gasteiger partial charge in [0.05, 0.1) is 12.3 Å². The van der Waals surface area contributed by atoms with E-state index in [0.29, 0.717) is 6.61 Å². The highest BCUT2D eigenvalue weighted by Gasteiger charge is 2.23. The molecule has 0 bridgehead atoms. The van der Waals surface area contributed by atoms with Crippen molar-refractivity contribution in [3.8, 4) is 11.3 Å². The van der Waals surface area contributed by atoms with Gasteiger partial charge in [0, 0.05) is 76.1 Å². The van der Waals surface area contributed by atoms with E-state index in [1.165, 1.54) is 23.4 Å². The molecule has 0 spiro atoms. The summed E-state index contributed by atoms with van der Waals surface area (Å²) in [7, 11) is 3.67. The molecule has 1 aliphatic rings. The zero-order chi connectivity index (χ0) is 21.1. The van der Waals surface area contributed by atoms with Gasteiger partial charge in [0.1, 0.15) is 11.5 Å². The lowest BCUT2D eigenvalue weighted by Crippen LogP contribution is -2.46. The summed E-state index contributed by atoms with van der Waals surface area (Å²) in [6, 6.07) is 6.42. The molecule has 30 heavy (non-hydrogen) atoms. The summed E-state index contributed by atoms with van der Waals surface area (Å²) in [5.41, 5.74) is 5.09. The van der Waals surface area contributed by atoms with E-state index in [9.17, 15) is 4.39 Å². The van der Waals surface area contributed by atoms with E-state index in [4.69, 9.17) is 4.74 Å². The Labute approximate surface area is 176 Å². The van der Waals surface area contributed by atoms with Gasteiger partial charge in [0.25, 0.3) is 0 Å². The summed E-state index contributed by atoms with van der Waals surface area (Å²) in [5.74, 6) is 0.595. The van der Waals surface area contributed by atoms with Crippen molar-refractivity contribution >= 4 is 5.82 Å². The second-order valence-electron chi connectivity index (χ2n) is 7.57. The van der Waals surface area contributed by atoms with Crippen LogP contribution in [0, 0.1) is 12.7 Å². The number of piperazine rings is 1. The van der Waals surface area contributed by atoms with Crippen molar-refractivity contribution in [2.75, 3.05) is 38.2 Å². The number of hydrogen-bond acceptors (Lipinski definition) is 6. The Bertz CT molecular complexity index is 995. The van der Waals surface area contributed by atoms with Gasteiger partial charge in [-0.15, -0.1) is 0 Å². The molecule has 3 heterocycles. The van der Waals surface area contributed by atoms with Crippen molar-refractivity contribution in [3.05, 3.63) is 59.4 Å². The van der Waals surface area contributed by atoms with Crippen LogP contribution in [0.2, 0.25) is 0 Å². The van der Waals surface area contributed by atoms with Gasteiger partial charge in [-0.2, -0.15) is 5.10 Å². The van der Waals surface area contributed by atoms with E-state index in [1.807, 2.05) is 11.7 Å². The molecule has 0 unspecified atom stereocenters. The number of benzene rings is 1. The van der Waals surface area contributed by atoms with E-state index >= 15 is 0 Å². The molecule has 8 heteroatoms. The molecule has 7 nitrogen and oxygen atoms in total. The van der Waals surface area contributed by atoms with Gasteiger partial charge in [-0.3, -0.25) is 14.6 Å². The average Bonchev–Trinajstić information content (AvgIpc) is 3.03. The highest BCUT2D eigenvalue weighted by molar-refractivity contribution is 5.72. The van der Waals surface area contributed by atoms with Crippen molar-refractivity contribution in [1.82, 2.24) is 24.6 Å². The van der Waals surface area contributed by atoms with Gasteiger partial charge in [-0.1, -0.05) is 0 Å². The van der Waals surface area contributed by atoms with Gasteiger partial charge in [0.15, 0.2) is 5.82 Å². The minimum absolute atomic E-state index is 0.253. The molecule has 0 aliphatic carbocycles. The Hall–Kier alpha value is -2.84. The van der Waals surface area contributed by atoms with Gasteiger partial charge in [-0.25, -0.2) is 9.37 Å². The van der Waals surface area contributed by atoms with Crippen LogP contribution in [0.5, 0.6) is 0 Å². The van der Waals surface area contributed by atoms with E-state index in [-0.39, 0.29) is 5.82 Å². The molecule has 0 amide bonds. The number of nitrogens with zero attached hydrogens (tertiary/aromatic N) is 6. The molecule has 158 valence electrons. The fraction of sp³-hybridized carbons (Fsp3) is 0.409. The van der Waals surface area contributed by atoms with Crippen LogP contribution in [0.15, 0.2) is 36.7 Å². The van der Waals surface area contributed by atoms with Crippen LogP contribution in [0.1, 0.15) is 17.0 Å². The first-order chi connectivity index (χ1) is 14.6. The maximum absolute atomic E-state index is 13.3. The summed E-state index contributed by atoms with van der Waals surface area (Å²) in [4.78, 5) is 13.8. The standard InChI is InChI=1S/C22H27FN6O/c1-16-19(20(15-30-3)26-27(16)2)14-28-10-12-29(13-11-28)22-21(24-8-9-25-22)17-4-6-18(23)7-5-17/h4-9H,10-15H2,1-3H3. The molecular weight excluding hydrogens is 383 g/mol. The number of rotatable bonds is 6. The summed E-state index contributed by atoms with van der Waals surface area (Å²) in [6.07, 6.45) is 3.39. The predicted octanol–water partition coefficient (Wildman–Crippen LogP) is 2.79. The van der Waals surface area contributed by atoms with Crippen LogP contribution >= 0.6 is 0 Å². The van der Waals surface area contributed by atoms with Crippen LogP contribution in [0.4, 0.5) is 10.2 Å². The smallest absolute Gasteiger partial charge is 0.155 e. The second kappa shape index (κ2) is 8.89. The van der Waals surface area contributed by atoms with Crippen LogP contribution in [-0.4, -0.2) is 57.9 Å². The Morgan fingerprint density at radius 2 is 1.73 bits per heavy atom. The monoisotopic (exact) mass is 410 g/mol. The van der Waals surface area contributed by atoms with Crippen molar-refractivity contribution < 1.29 is 9.13 Å². The summed E-state index contributed by atoms with van der Waals surface area (Å²) >= 11 is 0. The molecule has 2 aromatic heterocycles. The van der Waals surface area contributed by atoms with Crippen LogP contribution in [0.25, 0.3) is 11.3 Å². The van der Waals surface area contributed by atoms with Crippen molar-refractivity contribution in [1.29, 1.82) is 0 Å². The molecule has 1 fully saturated rings. The zero-order valence-corrected chi connectivity index (χ0v) is 17.7. The minimum Gasteiger partial charge on any atom is -0.378 e. The molecule has 3 aromatic rings. The molecule has 4 rings (SSSR count). The first-order valence-corrected chi connectivity index (χ1v) is 10.1. The lowest BCUT2D eigenvalue weighted by molar-refractivity contribution is 0.178. The fourth-order valence-corrected chi connectivity index (χ4v) is 3.89. The third-order valence-corrected chi connectivity index (χ3v) is 5.67. The summed E-state index contributed by atoms with van der Waals surface area (Å²) in [6.45, 7) is 7.03. The molecular formula is C22H27FN6O. The lowest BCUT2D eigenvalue weighted by atomic mass is 10.1. The predicted molar refractivity (Wildman–Crippen MR) is 114 cm³/mol. The van der Waals surface area contributed by atoms with Crippen molar-refractivity contribution in [3.63, 3.8) is 0 Å². The zero-order valence-electron chi connectivity index (χ0n) is 17.7. The van der Waals surface area contributed by atoms with Crippen LogP contribution in [-0.2, 0) is 24.9 Å². The molecule has 0 radical (unpaired) electrons. The molecule has 1 aliphatic heterocycles. The largest absolute Gasteiger partial charge is 0.378 e. The molecule has 0 saturated carbocycles. The van der Waals surface area contributed by atoms with E-state index in [1.54, 1.807) is 31.6 Å². The highest BCUT2D eigenvalue weighted by atomic mass is 19.1. The summed E-state index contributed by atoms with van der Waals surface area (Å²) < 4.78 is 20.6. The number of aryl methyl sites for hydroxylation is 1. The van der Waals surface area contributed by atoms with Gasteiger partial charge in [0.2, 0.25) is 0 Å². The van der Waals surface area contributed by atoms with Gasteiger partial charge in [-0.05, 0) is 31.2 Å². The first kappa shape index (κ1) is 20.4. The minimum atomic E-state index is -0.253. The third kappa shape index (κ3) is 4.20. The topological polar surface area (TPSA) is 59.3 Å². The number of methoxy groups -OCH3 is 1. The number of halogens is 1. The van der Waals surface area contributed by atoms with Crippen LogP contribution in [0.3, 0.4) is 0 Å². The number of aromatic nitrogens is 4. The lowest BCUT2D eigenvalue weighted by Gasteiger charge is -2.36. The molecule has 1 aromatic carbocycles. The number of ether oxygens (including phenoxy) is 1. The second-order valence-corrected chi connectivity index (χ2v) is 7.57. The van der Waals surface area contributed by atoms with E-state index in [0.717, 1.165) is 55.5 Å². The Kier molecular flexibility index (Phi) is 6.06. The van der Waals surface area contributed by atoms with Gasteiger partial charge < -0.3 is 9.64 Å². The summed E-state index contributed by atoms with van der Waals surface area (Å²) in [5, 5.41) is 4.59. The molecule has 1 saturated heterocycles. The van der Waals surface area contributed by atoms with Crippen molar-refractivity contribution in [2.24, 2.45) is 7.05 Å². The SMILES string of the molecule is COCc1nn(C)c(C)c1CN1CCN(c2nccnc2-c2ccc(F)cc2)CC1. The fourth-order valence-electron chi connectivity index (χ4n) is 3.89. The first-order valence-electron chi connectivity index (χ1n) is 10.1. The third-order valence-electron chi connectivity index (χ3n) is 5.67. The quantitative estimate of drug-likeness (QED) is 0.623. The van der Waals surface area contributed by atoms with Crippen molar-refractivity contribution in [2.45, 2.75) is 20.1 Å². The Balaban J connectivity index is 1.47. The maximum Gasteiger partial charge on any atom is 0.155 e. The van der Waals surface area contributed by atoms with Crippen LogP contribution < -0.4 is 4.90 Å². The number of hydrogen-bond donors (Lipinski definition) is 0. The Morgan fingerprint density at radius 1 is 1.03 bits per heavy atom. The average molecular weight is 410 g/mol. The normalized spacial score (nSPS) is 15.0. The maximum atomic E-state index is 13.3. The van der Waals surface area contributed by atoms with Gasteiger partial charge >= 0.3 is 0 Å². The molecule has 0 N–H and O–H groups in total. The van der Waals surface area contributed by atoms with E-state index < -0.39 is 0 Å².